The van der Waals surface area contributed by atoms with Crippen LogP contribution in [0, 0.1) is 0 Å². The molecule has 0 atom stereocenters. The van der Waals surface area contributed by atoms with E-state index >= 15 is 0 Å². The van der Waals surface area contributed by atoms with Crippen LogP contribution in [0.5, 0.6) is 0 Å². The molecule has 1 N–H and O–H groups in total. The Labute approximate surface area is 149 Å². The zero-order valence-corrected chi connectivity index (χ0v) is 15.2. The van der Waals surface area contributed by atoms with E-state index in [2.05, 4.69) is 0 Å². The predicted octanol–water partition coefficient (Wildman–Crippen LogP) is 4.78. The molecule has 0 spiro atoms. The van der Waals surface area contributed by atoms with Gasteiger partial charge in [0, 0.05) is 21.8 Å². The van der Waals surface area contributed by atoms with E-state index in [0.29, 0.717) is 0 Å². The van der Waals surface area contributed by atoms with Gasteiger partial charge < -0.3 is 4.18 Å². The van der Waals surface area contributed by atoms with Crippen molar-refractivity contribution in [2.75, 3.05) is 7.11 Å². The molecule has 25 heavy (non-hydrogen) atoms. The van der Waals surface area contributed by atoms with Crippen molar-refractivity contribution in [1.82, 2.24) is 0 Å². The second-order valence-corrected chi connectivity index (χ2v) is 9.58. The van der Waals surface area contributed by atoms with Gasteiger partial charge in [-0.15, -0.1) is 0 Å². The van der Waals surface area contributed by atoms with Gasteiger partial charge in [0.25, 0.3) is 10.1 Å². The Morgan fingerprint density at radius 3 is 1.36 bits per heavy atom. The summed E-state index contributed by atoms with van der Waals surface area (Å²) in [6.45, 7) is 0. The van der Waals surface area contributed by atoms with Crippen LogP contribution in [0.1, 0.15) is 0 Å². The summed E-state index contributed by atoms with van der Waals surface area (Å²) in [4.78, 5) is 2.72. The molecule has 3 rings (SSSR count). The molecule has 0 unspecified atom stereocenters. The van der Waals surface area contributed by atoms with Crippen LogP contribution >= 0.6 is 10.3 Å². The molecule has 0 aliphatic rings. The summed E-state index contributed by atoms with van der Waals surface area (Å²) < 4.78 is 38.0. The van der Waals surface area contributed by atoms with Crippen LogP contribution in [0.4, 0.5) is 0 Å². The van der Waals surface area contributed by atoms with Crippen LogP contribution in [0.25, 0.3) is 0 Å². The van der Waals surface area contributed by atoms with Gasteiger partial charge in [-0.2, -0.15) is 8.42 Å². The maximum absolute atomic E-state index is 11.3. The average Bonchev–Trinajstić information content (AvgIpc) is 2.64. The topological polar surface area (TPSA) is 63.6 Å². The van der Waals surface area contributed by atoms with Crippen molar-refractivity contribution in [3.8, 4) is 0 Å². The summed E-state index contributed by atoms with van der Waals surface area (Å²) in [6.07, 6.45) is 0. The first-order valence-electron chi connectivity index (χ1n) is 7.55. The Bertz CT molecular complexity index is 898. The van der Waals surface area contributed by atoms with Crippen molar-refractivity contribution in [3.05, 3.63) is 84.9 Å². The minimum atomic E-state index is -4.23. The molecular weight excluding hydrogens is 356 g/mol. The molecule has 0 aliphatic heterocycles. The zero-order chi connectivity index (χ0) is 17.9. The van der Waals surface area contributed by atoms with Crippen LogP contribution in [0.15, 0.2) is 105 Å². The minimum absolute atomic E-state index is 0.137. The fourth-order valence-corrected chi connectivity index (χ4v) is 6.20. The smallest absolute Gasteiger partial charge is 0.294 e. The first kappa shape index (κ1) is 17.7. The second kappa shape index (κ2) is 7.01. The summed E-state index contributed by atoms with van der Waals surface area (Å²) in [7, 11) is -4.58. The molecule has 0 aliphatic carbocycles. The Morgan fingerprint density at radius 1 is 0.640 bits per heavy atom. The SMILES string of the molecule is COS(c1ccccc1)(c1ccccc1)c1ccc(S(=O)(=O)O)cc1. The highest BCUT2D eigenvalue weighted by molar-refractivity contribution is 8.30. The van der Waals surface area contributed by atoms with E-state index in [1.165, 1.54) is 12.1 Å². The van der Waals surface area contributed by atoms with Crippen molar-refractivity contribution in [2.24, 2.45) is 0 Å². The molecule has 0 radical (unpaired) electrons. The van der Waals surface area contributed by atoms with Crippen LogP contribution in [0.2, 0.25) is 0 Å². The quantitative estimate of drug-likeness (QED) is 0.653. The van der Waals surface area contributed by atoms with Gasteiger partial charge in [-0.25, -0.2) is 0 Å². The van der Waals surface area contributed by atoms with Crippen LogP contribution in [0.3, 0.4) is 0 Å². The normalized spacial score (nSPS) is 12.7. The monoisotopic (exact) mass is 374 g/mol. The Kier molecular flexibility index (Phi) is 4.96. The average molecular weight is 374 g/mol. The fraction of sp³-hybridized carbons (Fsp3) is 0.0526. The van der Waals surface area contributed by atoms with Gasteiger partial charge >= 0.3 is 0 Å². The highest BCUT2D eigenvalue weighted by atomic mass is 32.3. The molecule has 0 amide bonds. The maximum Gasteiger partial charge on any atom is 0.294 e. The second-order valence-electron chi connectivity index (χ2n) is 5.30. The molecule has 0 fully saturated rings. The van der Waals surface area contributed by atoms with Crippen LogP contribution in [-0.2, 0) is 14.3 Å². The Hall–Kier alpha value is -2.12. The van der Waals surface area contributed by atoms with Crippen molar-refractivity contribution >= 4 is 20.4 Å². The summed E-state index contributed by atoms with van der Waals surface area (Å²) in [5.41, 5.74) is 0. The third-order valence-electron chi connectivity index (χ3n) is 3.85. The van der Waals surface area contributed by atoms with Crippen molar-refractivity contribution in [2.45, 2.75) is 19.6 Å². The molecule has 0 bridgehead atoms. The Morgan fingerprint density at radius 2 is 1.00 bits per heavy atom. The highest BCUT2D eigenvalue weighted by Crippen LogP contribution is 2.68. The number of rotatable bonds is 5. The lowest BCUT2D eigenvalue weighted by atomic mass is 10.4. The lowest BCUT2D eigenvalue weighted by Crippen LogP contribution is -2.06. The number of hydrogen-bond donors (Lipinski definition) is 1. The van der Waals surface area contributed by atoms with Gasteiger partial charge in [0.1, 0.15) is 0 Å². The van der Waals surface area contributed by atoms with E-state index < -0.39 is 20.4 Å². The molecule has 6 heteroatoms. The van der Waals surface area contributed by atoms with Gasteiger partial charge in [0.2, 0.25) is 0 Å². The standard InChI is InChI=1S/C19H18O4S2/c1-23-24(16-8-4-2-5-9-16,17-10-6-3-7-11-17)18-12-14-19(15-13-18)25(20,21)22/h2-15H,1H3,(H,20,21,22). The van der Waals surface area contributed by atoms with E-state index in [1.807, 2.05) is 60.7 Å². The van der Waals surface area contributed by atoms with Crippen molar-refractivity contribution < 1.29 is 17.2 Å². The van der Waals surface area contributed by atoms with Gasteiger partial charge in [-0.3, -0.25) is 4.55 Å². The van der Waals surface area contributed by atoms with E-state index in [9.17, 15) is 13.0 Å². The Balaban J connectivity index is 2.25. The van der Waals surface area contributed by atoms with Crippen molar-refractivity contribution in [1.29, 1.82) is 0 Å². The number of benzene rings is 3. The van der Waals surface area contributed by atoms with Crippen molar-refractivity contribution in [3.63, 3.8) is 0 Å². The molecule has 0 saturated heterocycles. The molecule has 4 nitrogen and oxygen atoms in total. The van der Waals surface area contributed by atoms with Gasteiger partial charge in [0.15, 0.2) is 0 Å². The van der Waals surface area contributed by atoms with Gasteiger partial charge in [-0.1, -0.05) is 46.7 Å². The van der Waals surface area contributed by atoms with Gasteiger partial charge in [0.05, 0.1) is 4.90 Å². The largest absolute Gasteiger partial charge is 0.327 e. The van der Waals surface area contributed by atoms with E-state index in [1.54, 1.807) is 19.2 Å². The lowest BCUT2D eigenvalue weighted by molar-refractivity contribution is 0.462. The predicted molar refractivity (Wildman–Crippen MR) is 98.5 cm³/mol. The maximum atomic E-state index is 11.3. The molecule has 0 saturated carbocycles. The van der Waals surface area contributed by atoms with Gasteiger partial charge in [-0.05, 0) is 48.5 Å². The molecule has 3 aromatic carbocycles. The first-order chi connectivity index (χ1) is 12.0. The van der Waals surface area contributed by atoms with Crippen LogP contribution < -0.4 is 0 Å². The third-order valence-corrected chi connectivity index (χ3v) is 8.03. The summed E-state index contributed by atoms with van der Waals surface area (Å²) >= 11 is 0. The molecule has 130 valence electrons. The first-order valence-corrected chi connectivity index (χ1v) is 10.5. The summed E-state index contributed by atoms with van der Waals surface area (Å²) in [5, 5.41) is 0. The fourth-order valence-electron chi connectivity index (χ4n) is 2.72. The molecule has 3 aromatic rings. The molecule has 0 aromatic heterocycles. The van der Waals surface area contributed by atoms with E-state index in [4.69, 9.17) is 4.18 Å². The minimum Gasteiger partial charge on any atom is -0.327 e. The van der Waals surface area contributed by atoms with E-state index in [0.717, 1.165) is 14.7 Å². The molecule has 0 heterocycles. The molecular formula is C19H18O4S2. The van der Waals surface area contributed by atoms with E-state index in [-0.39, 0.29) is 4.90 Å². The summed E-state index contributed by atoms with van der Waals surface area (Å²) in [6, 6.07) is 25.9. The highest BCUT2D eigenvalue weighted by Gasteiger charge is 2.31. The summed E-state index contributed by atoms with van der Waals surface area (Å²) in [5.74, 6) is 0. The number of hydrogen-bond acceptors (Lipinski definition) is 3. The third kappa shape index (κ3) is 3.34. The lowest BCUT2D eigenvalue weighted by Gasteiger charge is -2.39. The van der Waals surface area contributed by atoms with Crippen LogP contribution in [-0.4, -0.2) is 20.1 Å². The zero-order valence-electron chi connectivity index (χ0n) is 13.6.